The highest BCUT2D eigenvalue weighted by molar-refractivity contribution is 6.00. The van der Waals surface area contributed by atoms with Crippen LogP contribution in [0.3, 0.4) is 0 Å². The lowest BCUT2D eigenvalue weighted by atomic mass is 10.1. The average molecular weight is 273 g/mol. The number of aliphatic hydroxyl groups excluding tert-OH is 1. The van der Waals surface area contributed by atoms with Gasteiger partial charge in [-0.05, 0) is 29.8 Å². The van der Waals surface area contributed by atoms with E-state index in [9.17, 15) is 14.7 Å². The molecule has 2 aromatic rings. The minimum atomic E-state index is -1.33. The van der Waals surface area contributed by atoms with E-state index in [1.165, 1.54) is 6.92 Å². The first-order valence-corrected chi connectivity index (χ1v) is 6.19. The Balaban J connectivity index is 2.24. The number of carbonyl (C=O) groups is 2. The fraction of sp³-hybridized carbons (Fsp3) is 0.200. The van der Waals surface area contributed by atoms with Gasteiger partial charge in [-0.1, -0.05) is 30.3 Å². The number of aliphatic carboxylic acids is 1. The quantitative estimate of drug-likeness (QED) is 0.786. The molecule has 5 heteroatoms. The van der Waals surface area contributed by atoms with Gasteiger partial charge in [-0.15, -0.1) is 0 Å². The van der Waals surface area contributed by atoms with Gasteiger partial charge in [0.1, 0.15) is 0 Å². The van der Waals surface area contributed by atoms with Gasteiger partial charge < -0.3 is 15.5 Å². The Labute approximate surface area is 115 Å². The van der Waals surface area contributed by atoms with Crippen molar-refractivity contribution in [3.63, 3.8) is 0 Å². The highest BCUT2D eigenvalue weighted by Gasteiger charge is 2.25. The standard InChI is InChI=1S/C15H15NO4/c1-9(17)13(15(19)20)16-14(18)12-7-6-10-4-2-3-5-11(10)8-12/h2-9,13,17H,1H3,(H,16,18)(H,19,20). The maximum absolute atomic E-state index is 12.0. The summed E-state index contributed by atoms with van der Waals surface area (Å²) in [6, 6.07) is 11.3. The topological polar surface area (TPSA) is 86.6 Å². The summed E-state index contributed by atoms with van der Waals surface area (Å²) < 4.78 is 0. The van der Waals surface area contributed by atoms with Crippen molar-refractivity contribution in [2.75, 3.05) is 0 Å². The van der Waals surface area contributed by atoms with Crippen LogP contribution >= 0.6 is 0 Å². The molecule has 0 aliphatic heterocycles. The van der Waals surface area contributed by atoms with Crippen LogP contribution in [0.5, 0.6) is 0 Å². The molecular formula is C15H15NO4. The smallest absolute Gasteiger partial charge is 0.328 e. The minimum Gasteiger partial charge on any atom is -0.480 e. The summed E-state index contributed by atoms with van der Waals surface area (Å²) in [5.41, 5.74) is 0.357. The highest BCUT2D eigenvalue weighted by atomic mass is 16.4. The molecule has 104 valence electrons. The monoisotopic (exact) mass is 273 g/mol. The molecule has 0 saturated heterocycles. The van der Waals surface area contributed by atoms with Crippen molar-refractivity contribution in [1.82, 2.24) is 5.32 Å². The van der Waals surface area contributed by atoms with E-state index in [2.05, 4.69) is 5.32 Å². The second-order valence-electron chi connectivity index (χ2n) is 4.59. The lowest BCUT2D eigenvalue weighted by molar-refractivity contribution is -0.141. The zero-order chi connectivity index (χ0) is 14.7. The maximum atomic E-state index is 12.0. The number of nitrogens with one attached hydrogen (secondary N) is 1. The normalized spacial score (nSPS) is 13.7. The van der Waals surface area contributed by atoms with E-state index in [0.29, 0.717) is 5.56 Å². The Morgan fingerprint density at radius 1 is 1.10 bits per heavy atom. The largest absolute Gasteiger partial charge is 0.480 e. The maximum Gasteiger partial charge on any atom is 0.328 e. The third-order valence-electron chi connectivity index (χ3n) is 3.05. The van der Waals surface area contributed by atoms with Crippen molar-refractivity contribution in [3.8, 4) is 0 Å². The molecule has 2 aromatic carbocycles. The molecule has 0 aromatic heterocycles. The van der Waals surface area contributed by atoms with Gasteiger partial charge in [0.05, 0.1) is 6.10 Å². The molecule has 3 N–H and O–H groups in total. The number of rotatable bonds is 4. The molecule has 0 heterocycles. The van der Waals surface area contributed by atoms with Gasteiger partial charge in [0.15, 0.2) is 6.04 Å². The number of benzene rings is 2. The lowest BCUT2D eigenvalue weighted by Gasteiger charge is -2.17. The number of carbonyl (C=O) groups excluding carboxylic acids is 1. The van der Waals surface area contributed by atoms with Crippen LogP contribution in [0.1, 0.15) is 17.3 Å². The molecule has 1 amide bonds. The first-order chi connectivity index (χ1) is 9.49. The van der Waals surface area contributed by atoms with Crippen LogP contribution in [-0.4, -0.2) is 34.2 Å². The first-order valence-electron chi connectivity index (χ1n) is 6.19. The third kappa shape index (κ3) is 2.95. The number of aliphatic hydroxyl groups is 1. The zero-order valence-corrected chi connectivity index (χ0v) is 10.9. The van der Waals surface area contributed by atoms with Crippen molar-refractivity contribution in [2.24, 2.45) is 0 Å². The van der Waals surface area contributed by atoms with E-state index in [1.54, 1.807) is 18.2 Å². The molecule has 0 aliphatic rings. The van der Waals surface area contributed by atoms with Gasteiger partial charge >= 0.3 is 5.97 Å². The van der Waals surface area contributed by atoms with E-state index < -0.39 is 24.0 Å². The van der Waals surface area contributed by atoms with E-state index >= 15 is 0 Å². The Morgan fingerprint density at radius 3 is 2.35 bits per heavy atom. The number of carboxylic acids is 1. The van der Waals surface area contributed by atoms with E-state index in [4.69, 9.17) is 5.11 Å². The summed E-state index contributed by atoms with van der Waals surface area (Å²) in [5, 5.41) is 22.5. The molecule has 2 rings (SSSR count). The summed E-state index contributed by atoms with van der Waals surface area (Å²) in [6.45, 7) is 1.32. The van der Waals surface area contributed by atoms with Crippen molar-refractivity contribution in [2.45, 2.75) is 19.1 Å². The van der Waals surface area contributed by atoms with E-state index in [1.807, 2.05) is 24.3 Å². The van der Waals surface area contributed by atoms with Gasteiger partial charge in [0.2, 0.25) is 0 Å². The third-order valence-corrected chi connectivity index (χ3v) is 3.05. The molecular weight excluding hydrogens is 258 g/mol. The molecule has 0 bridgehead atoms. The van der Waals surface area contributed by atoms with Crippen molar-refractivity contribution in [1.29, 1.82) is 0 Å². The second-order valence-corrected chi connectivity index (χ2v) is 4.59. The number of hydrogen-bond donors (Lipinski definition) is 3. The number of fused-ring (bicyclic) bond motifs is 1. The van der Waals surface area contributed by atoms with Gasteiger partial charge in [-0.3, -0.25) is 4.79 Å². The van der Waals surface area contributed by atoms with Gasteiger partial charge in [0, 0.05) is 5.56 Å². The highest BCUT2D eigenvalue weighted by Crippen LogP contribution is 2.15. The first kappa shape index (κ1) is 14.0. The minimum absolute atomic E-state index is 0.357. The predicted molar refractivity (Wildman–Crippen MR) is 74.5 cm³/mol. The molecule has 20 heavy (non-hydrogen) atoms. The fourth-order valence-corrected chi connectivity index (χ4v) is 1.94. The van der Waals surface area contributed by atoms with Crippen LogP contribution in [0.2, 0.25) is 0 Å². The summed E-state index contributed by atoms with van der Waals surface area (Å²) >= 11 is 0. The summed E-state index contributed by atoms with van der Waals surface area (Å²) in [4.78, 5) is 23.0. The number of carboxylic acid groups (broad SMARTS) is 1. The van der Waals surface area contributed by atoms with Crippen LogP contribution in [0.4, 0.5) is 0 Å². The molecule has 0 radical (unpaired) electrons. The SMILES string of the molecule is CC(O)C(NC(=O)c1ccc2ccccc2c1)C(=O)O. The number of amides is 1. The van der Waals surface area contributed by atoms with E-state index in [-0.39, 0.29) is 0 Å². The van der Waals surface area contributed by atoms with Crippen molar-refractivity contribution in [3.05, 3.63) is 48.0 Å². The van der Waals surface area contributed by atoms with Crippen LogP contribution < -0.4 is 5.32 Å². The Hall–Kier alpha value is -2.40. The fourth-order valence-electron chi connectivity index (χ4n) is 1.94. The second kappa shape index (κ2) is 5.71. The summed E-state index contributed by atoms with van der Waals surface area (Å²) in [6.07, 6.45) is -1.17. The molecule has 2 atom stereocenters. The van der Waals surface area contributed by atoms with Crippen molar-refractivity contribution < 1.29 is 19.8 Å². The Morgan fingerprint density at radius 2 is 1.75 bits per heavy atom. The number of hydrogen-bond acceptors (Lipinski definition) is 3. The molecule has 0 aliphatic carbocycles. The molecule has 0 saturated carbocycles. The average Bonchev–Trinajstić information content (AvgIpc) is 2.43. The van der Waals surface area contributed by atoms with Crippen LogP contribution in [0.15, 0.2) is 42.5 Å². The van der Waals surface area contributed by atoms with Gasteiger partial charge in [-0.2, -0.15) is 0 Å². The predicted octanol–water partition coefficient (Wildman–Crippen LogP) is 1.40. The molecule has 2 unspecified atom stereocenters. The zero-order valence-electron chi connectivity index (χ0n) is 10.9. The van der Waals surface area contributed by atoms with Crippen LogP contribution in [-0.2, 0) is 4.79 Å². The Bertz CT molecular complexity index is 651. The molecule has 5 nitrogen and oxygen atoms in total. The molecule has 0 spiro atoms. The van der Waals surface area contributed by atoms with Crippen LogP contribution in [0, 0.1) is 0 Å². The lowest BCUT2D eigenvalue weighted by Crippen LogP contribution is -2.47. The summed E-state index contributed by atoms with van der Waals surface area (Å²) in [7, 11) is 0. The van der Waals surface area contributed by atoms with Crippen molar-refractivity contribution >= 4 is 22.6 Å². The van der Waals surface area contributed by atoms with E-state index in [0.717, 1.165) is 10.8 Å². The molecule has 0 fully saturated rings. The van der Waals surface area contributed by atoms with Crippen LogP contribution in [0.25, 0.3) is 10.8 Å². The van der Waals surface area contributed by atoms with Gasteiger partial charge in [-0.25, -0.2) is 4.79 Å². The summed E-state index contributed by atoms with van der Waals surface area (Å²) in [5.74, 6) is -1.79. The van der Waals surface area contributed by atoms with Gasteiger partial charge in [0.25, 0.3) is 5.91 Å². The Kier molecular flexibility index (Phi) is 4.00.